The third-order valence-corrected chi connectivity index (χ3v) is 3.33. The van der Waals surface area contributed by atoms with E-state index in [0.717, 1.165) is 25.7 Å². The fourth-order valence-corrected chi connectivity index (χ4v) is 2.22. The average molecular weight is 315 g/mol. The van der Waals surface area contributed by atoms with Crippen molar-refractivity contribution in [2.45, 2.75) is 39.5 Å². The fraction of sp³-hybridized carbons (Fsp3) is 0.800. The first-order valence-electron chi connectivity index (χ1n) is 5.51. The number of unbranched alkanes of at least 4 members (excludes halogenated alkanes) is 2. The predicted molar refractivity (Wildman–Crippen MR) is 68.5 cm³/mol. The third-order valence-electron chi connectivity index (χ3n) is 1.74. The van der Waals surface area contributed by atoms with Gasteiger partial charge in [-0.05, 0) is 12.8 Å². The molecule has 0 amide bonds. The van der Waals surface area contributed by atoms with Gasteiger partial charge in [0, 0.05) is 4.99 Å². The minimum Gasteiger partial charge on any atom is -0.411 e. The van der Waals surface area contributed by atoms with Crippen molar-refractivity contribution in [1.29, 1.82) is 0 Å². The Labute approximate surface area is 106 Å². The van der Waals surface area contributed by atoms with Crippen molar-refractivity contribution in [2.75, 3.05) is 13.2 Å². The molecule has 0 spiro atoms. The molecule has 0 aliphatic heterocycles. The summed E-state index contributed by atoms with van der Waals surface area (Å²) in [6, 6.07) is 0. The summed E-state index contributed by atoms with van der Waals surface area (Å²) in [4.78, 5) is 1.46. The molecular formula is C10H20BrO4P. The molecule has 0 aliphatic rings. The number of phosphoric acid groups is 1. The number of hydrogen-bond donors (Lipinski definition) is 0. The molecule has 0 saturated carbocycles. The molecule has 0 heterocycles. The minimum atomic E-state index is -3.41. The van der Waals surface area contributed by atoms with Crippen LogP contribution in [-0.2, 0) is 18.1 Å². The zero-order valence-corrected chi connectivity index (χ0v) is 12.3. The average Bonchev–Trinajstić information content (AvgIpc) is 2.27. The van der Waals surface area contributed by atoms with Crippen LogP contribution in [-0.4, -0.2) is 13.2 Å². The Hall–Kier alpha value is 0.170. The van der Waals surface area contributed by atoms with Crippen LogP contribution in [0, 0.1) is 0 Å². The summed E-state index contributed by atoms with van der Waals surface area (Å²) in [5, 5.41) is 0. The van der Waals surface area contributed by atoms with Crippen molar-refractivity contribution in [2.24, 2.45) is 0 Å². The second-order valence-corrected chi connectivity index (χ2v) is 5.34. The van der Waals surface area contributed by atoms with Crippen molar-refractivity contribution in [1.82, 2.24) is 0 Å². The normalized spacial score (nSPS) is 12.2. The summed E-state index contributed by atoms with van der Waals surface area (Å²) in [5.74, 6) is 0. The standard InChI is InChI=1S/C10H20BrO4P/c1-3-5-8-13-16(12,15-10-7-11)14-9-6-4-2/h7,10H,3-6,8-9H2,1-2H3/b10-7-. The van der Waals surface area contributed by atoms with E-state index >= 15 is 0 Å². The van der Waals surface area contributed by atoms with E-state index in [2.05, 4.69) is 15.9 Å². The molecule has 0 fully saturated rings. The van der Waals surface area contributed by atoms with Crippen molar-refractivity contribution >= 4 is 23.8 Å². The van der Waals surface area contributed by atoms with Gasteiger partial charge < -0.3 is 4.52 Å². The molecule has 0 radical (unpaired) electrons. The molecule has 0 bridgehead atoms. The molecule has 0 aromatic heterocycles. The molecule has 6 heteroatoms. The van der Waals surface area contributed by atoms with Gasteiger partial charge in [-0.2, -0.15) is 0 Å². The monoisotopic (exact) mass is 314 g/mol. The van der Waals surface area contributed by atoms with Gasteiger partial charge >= 0.3 is 7.82 Å². The van der Waals surface area contributed by atoms with E-state index < -0.39 is 7.82 Å². The van der Waals surface area contributed by atoms with Gasteiger partial charge in [-0.25, -0.2) is 4.57 Å². The van der Waals surface area contributed by atoms with Crippen LogP contribution in [0.3, 0.4) is 0 Å². The molecule has 0 saturated heterocycles. The number of halogens is 1. The van der Waals surface area contributed by atoms with E-state index in [9.17, 15) is 4.57 Å². The van der Waals surface area contributed by atoms with E-state index in [0.29, 0.717) is 13.2 Å². The van der Waals surface area contributed by atoms with E-state index in [1.807, 2.05) is 13.8 Å². The third kappa shape index (κ3) is 8.34. The zero-order valence-electron chi connectivity index (χ0n) is 9.86. The maximum atomic E-state index is 12.0. The Morgan fingerprint density at radius 1 is 1.12 bits per heavy atom. The SMILES string of the molecule is CCCCOP(=O)(O/C=C\Br)OCCCC. The van der Waals surface area contributed by atoms with Gasteiger partial charge in [0.25, 0.3) is 0 Å². The molecule has 0 N–H and O–H groups in total. The van der Waals surface area contributed by atoms with Crippen molar-refractivity contribution in [3.63, 3.8) is 0 Å². The van der Waals surface area contributed by atoms with Crippen molar-refractivity contribution in [3.05, 3.63) is 11.2 Å². The molecule has 96 valence electrons. The van der Waals surface area contributed by atoms with Gasteiger partial charge in [0.2, 0.25) is 0 Å². The summed E-state index contributed by atoms with van der Waals surface area (Å²) in [6.07, 6.45) is 4.89. The van der Waals surface area contributed by atoms with E-state index in [-0.39, 0.29) is 0 Å². The van der Waals surface area contributed by atoms with Gasteiger partial charge in [0.1, 0.15) is 6.26 Å². The van der Waals surface area contributed by atoms with Crippen molar-refractivity contribution < 1.29 is 18.1 Å². The Morgan fingerprint density at radius 2 is 1.62 bits per heavy atom. The van der Waals surface area contributed by atoms with Gasteiger partial charge in [-0.3, -0.25) is 9.05 Å². The molecule has 0 rings (SSSR count). The first-order chi connectivity index (χ1) is 7.68. The van der Waals surface area contributed by atoms with Crippen LogP contribution in [0.4, 0.5) is 0 Å². The highest BCUT2D eigenvalue weighted by atomic mass is 79.9. The van der Waals surface area contributed by atoms with Gasteiger partial charge in [-0.15, -0.1) is 0 Å². The van der Waals surface area contributed by atoms with Gasteiger partial charge in [-0.1, -0.05) is 42.6 Å². The Morgan fingerprint density at radius 3 is 2.00 bits per heavy atom. The summed E-state index contributed by atoms with van der Waals surface area (Å²) < 4.78 is 27.3. The number of phosphoric ester groups is 1. The zero-order chi connectivity index (χ0) is 12.3. The summed E-state index contributed by atoms with van der Waals surface area (Å²) in [7, 11) is -3.41. The largest absolute Gasteiger partial charge is 0.529 e. The topological polar surface area (TPSA) is 44.8 Å². The van der Waals surface area contributed by atoms with Crippen molar-refractivity contribution in [3.8, 4) is 0 Å². The maximum absolute atomic E-state index is 12.0. The smallest absolute Gasteiger partial charge is 0.411 e. The predicted octanol–water partition coefficient (Wildman–Crippen LogP) is 4.61. The van der Waals surface area contributed by atoms with Crippen LogP contribution >= 0.6 is 23.8 Å². The molecule has 0 aliphatic carbocycles. The first-order valence-corrected chi connectivity index (χ1v) is 7.89. The van der Waals surface area contributed by atoms with Gasteiger partial charge in [0.05, 0.1) is 13.2 Å². The molecule has 0 atom stereocenters. The molecule has 4 nitrogen and oxygen atoms in total. The Kier molecular flexibility index (Phi) is 10.4. The molecule has 0 unspecified atom stereocenters. The van der Waals surface area contributed by atoms with Gasteiger partial charge in [0.15, 0.2) is 0 Å². The van der Waals surface area contributed by atoms with E-state index in [4.69, 9.17) is 13.6 Å². The quantitative estimate of drug-likeness (QED) is 0.335. The highest BCUT2D eigenvalue weighted by Gasteiger charge is 2.26. The van der Waals surface area contributed by atoms with Crippen LogP contribution in [0.5, 0.6) is 0 Å². The molecular weight excluding hydrogens is 295 g/mol. The minimum absolute atomic E-state index is 0.385. The number of hydrogen-bond acceptors (Lipinski definition) is 4. The van der Waals surface area contributed by atoms with Crippen LogP contribution < -0.4 is 0 Å². The Balaban J connectivity index is 4.07. The highest BCUT2D eigenvalue weighted by molar-refractivity contribution is 9.11. The van der Waals surface area contributed by atoms with E-state index in [1.165, 1.54) is 11.2 Å². The van der Waals surface area contributed by atoms with Crippen LogP contribution in [0.1, 0.15) is 39.5 Å². The molecule has 16 heavy (non-hydrogen) atoms. The maximum Gasteiger partial charge on any atom is 0.529 e. The summed E-state index contributed by atoms with van der Waals surface area (Å²) in [6.45, 7) is 4.84. The fourth-order valence-electron chi connectivity index (χ4n) is 0.837. The highest BCUT2D eigenvalue weighted by Crippen LogP contribution is 2.50. The van der Waals surface area contributed by atoms with Crippen LogP contribution in [0.2, 0.25) is 0 Å². The molecule has 0 aromatic carbocycles. The lowest BCUT2D eigenvalue weighted by Crippen LogP contribution is -2.00. The lowest BCUT2D eigenvalue weighted by atomic mass is 10.4. The second kappa shape index (κ2) is 10.3. The Bertz CT molecular complexity index is 219. The lowest BCUT2D eigenvalue weighted by molar-refractivity contribution is 0.140. The van der Waals surface area contributed by atoms with Crippen LogP contribution in [0.15, 0.2) is 11.2 Å². The molecule has 0 aromatic rings. The first kappa shape index (κ1) is 16.2. The number of rotatable bonds is 10. The second-order valence-electron chi connectivity index (χ2n) is 3.19. The van der Waals surface area contributed by atoms with E-state index in [1.54, 1.807) is 0 Å². The summed E-state index contributed by atoms with van der Waals surface area (Å²) in [5.41, 5.74) is 0. The summed E-state index contributed by atoms with van der Waals surface area (Å²) >= 11 is 3.03. The lowest BCUT2D eigenvalue weighted by Gasteiger charge is -2.15. The van der Waals surface area contributed by atoms with Crippen LogP contribution in [0.25, 0.3) is 0 Å².